The second-order valence-corrected chi connectivity index (χ2v) is 5.76. The Morgan fingerprint density at radius 3 is 2.45 bits per heavy atom. The molecule has 2 amide bonds. The number of nitro benzene ring substituents is 1. The first-order valence-corrected chi connectivity index (χ1v) is 8.22. The molecule has 0 bridgehead atoms. The van der Waals surface area contributed by atoms with Crippen molar-refractivity contribution in [2.75, 3.05) is 6.61 Å². The van der Waals surface area contributed by atoms with Crippen LogP contribution in [0.4, 0.5) is 23.7 Å². The number of halogens is 4. The van der Waals surface area contributed by atoms with E-state index >= 15 is 0 Å². The summed E-state index contributed by atoms with van der Waals surface area (Å²) in [6.45, 7) is 1.46. The first-order valence-electron chi connectivity index (χ1n) is 7.84. The summed E-state index contributed by atoms with van der Waals surface area (Å²) in [5, 5.41) is 12.6. The molecule has 0 aliphatic heterocycles. The lowest BCUT2D eigenvalue weighted by Crippen LogP contribution is -2.31. The van der Waals surface area contributed by atoms with Gasteiger partial charge in [-0.05, 0) is 31.2 Å². The number of alkyl halides is 3. The lowest BCUT2D eigenvalue weighted by atomic mass is 10.1. The van der Waals surface area contributed by atoms with Crippen LogP contribution in [-0.2, 0) is 10.9 Å². The summed E-state index contributed by atoms with van der Waals surface area (Å²) >= 11 is 5.80. The Balaban J connectivity index is 2.34. The number of carbonyl (C=O) groups excluding carboxylic acids is 2. The molecule has 2 rings (SSSR count). The standard InChI is InChI=1S/C17H12ClF3N2O6/c1-2-28-16(25)22-15(24)11-8-10(4-5-13(11)23(26)27)29-14-6-3-9(7-12(14)18)17(19,20)21/h3-8H,2H2,1H3,(H,22,24,25). The van der Waals surface area contributed by atoms with Crippen LogP contribution >= 0.6 is 11.6 Å². The highest BCUT2D eigenvalue weighted by molar-refractivity contribution is 6.32. The van der Waals surface area contributed by atoms with Crippen LogP contribution in [0.25, 0.3) is 0 Å². The Bertz CT molecular complexity index is 965. The molecule has 0 aliphatic carbocycles. The predicted octanol–water partition coefficient (Wildman–Crippen LogP) is 4.95. The van der Waals surface area contributed by atoms with Gasteiger partial charge in [0.25, 0.3) is 11.6 Å². The third-order valence-corrected chi connectivity index (χ3v) is 3.68. The van der Waals surface area contributed by atoms with Crippen LogP contribution in [-0.4, -0.2) is 23.5 Å². The molecular formula is C17H12ClF3N2O6. The van der Waals surface area contributed by atoms with Gasteiger partial charge in [-0.15, -0.1) is 0 Å². The van der Waals surface area contributed by atoms with Crippen LogP contribution in [0, 0.1) is 10.1 Å². The number of nitro groups is 1. The fourth-order valence-electron chi connectivity index (χ4n) is 2.13. The Labute approximate surface area is 166 Å². The first-order chi connectivity index (χ1) is 13.5. The normalized spacial score (nSPS) is 10.9. The van der Waals surface area contributed by atoms with Crippen molar-refractivity contribution in [3.8, 4) is 11.5 Å². The maximum absolute atomic E-state index is 12.7. The number of hydrogen-bond acceptors (Lipinski definition) is 6. The van der Waals surface area contributed by atoms with Crippen LogP contribution in [0.15, 0.2) is 36.4 Å². The van der Waals surface area contributed by atoms with E-state index in [-0.39, 0.29) is 23.1 Å². The Morgan fingerprint density at radius 2 is 1.90 bits per heavy atom. The number of amides is 2. The lowest BCUT2D eigenvalue weighted by Gasteiger charge is -2.12. The molecule has 1 N–H and O–H groups in total. The molecule has 0 saturated carbocycles. The highest BCUT2D eigenvalue weighted by atomic mass is 35.5. The van der Waals surface area contributed by atoms with E-state index < -0.39 is 39.9 Å². The number of nitrogens with one attached hydrogen (secondary N) is 1. The van der Waals surface area contributed by atoms with E-state index in [1.807, 2.05) is 5.32 Å². The molecule has 29 heavy (non-hydrogen) atoms. The van der Waals surface area contributed by atoms with E-state index in [2.05, 4.69) is 4.74 Å². The molecule has 0 atom stereocenters. The van der Waals surface area contributed by atoms with Crippen molar-refractivity contribution in [3.63, 3.8) is 0 Å². The number of rotatable bonds is 5. The highest BCUT2D eigenvalue weighted by Crippen LogP contribution is 2.37. The number of nitrogens with zero attached hydrogens (tertiary/aromatic N) is 1. The number of ether oxygens (including phenoxy) is 2. The number of carbonyl (C=O) groups is 2. The zero-order chi connectivity index (χ0) is 21.8. The average Bonchev–Trinajstić information content (AvgIpc) is 2.62. The fourth-order valence-corrected chi connectivity index (χ4v) is 2.35. The highest BCUT2D eigenvalue weighted by Gasteiger charge is 2.31. The molecule has 0 spiro atoms. The summed E-state index contributed by atoms with van der Waals surface area (Å²) in [4.78, 5) is 33.8. The number of alkyl carbamates (subject to hydrolysis) is 1. The van der Waals surface area contributed by atoms with Crippen molar-refractivity contribution in [2.45, 2.75) is 13.1 Å². The van der Waals surface area contributed by atoms with Crippen molar-refractivity contribution >= 4 is 29.3 Å². The number of imide groups is 1. The quantitative estimate of drug-likeness (QED) is 0.529. The lowest BCUT2D eigenvalue weighted by molar-refractivity contribution is -0.385. The fraction of sp³-hybridized carbons (Fsp3) is 0.176. The van der Waals surface area contributed by atoms with Crippen molar-refractivity contribution in [1.29, 1.82) is 0 Å². The monoisotopic (exact) mass is 432 g/mol. The smallest absolute Gasteiger partial charge is 0.416 e. The molecule has 0 aromatic heterocycles. The summed E-state index contributed by atoms with van der Waals surface area (Å²) in [5.41, 5.74) is -2.14. The third kappa shape index (κ3) is 5.57. The Kier molecular flexibility index (Phi) is 6.64. The van der Waals surface area contributed by atoms with Crippen LogP contribution in [0.2, 0.25) is 5.02 Å². The number of hydrogen-bond donors (Lipinski definition) is 1. The Hall–Kier alpha value is -3.34. The molecule has 2 aromatic rings. The zero-order valence-corrected chi connectivity index (χ0v) is 15.3. The third-order valence-electron chi connectivity index (χ3n) is 3.39. The first kappa shape index (κ1) is 22.0. The number of benzene rings is 2. The van der Waals surface area contributed by atoms with E-state index in [0.717, 1.165) is 30.3 Å². The van der Waals surface area contributed by atoms with Gasteiger partial charge >= 0.3 is 12.3 Å². The van der Waals surface area contributed by atoms with Crippen LogP contribution in [0.1, 0.15) is 22.8 Å². The molecule has 12 heteroatoms. The van der Waals surface area contributed by atoms with Gasteiger partial charge in [0.05, 0.1) is 22.1 Å². The van der Waals surface area contributed by atoms with Crippen molar-refractivity contribution in [2.24, 2.45) is 0 Å². The second kappa shape index (κ2) is 8.78. The Morgan fingerprint density at radius 1 is 1.21 bits per heavy atom. The molecule has 154 valence electrons. The molecule has 0 aliphatic rings. The largest absolute Gasteiger partial charge is 0.456 e. The van der Waals surface area contributed by atoms with Gasteiger partial charge in [0, 0.05) is 12.1 Å². The summed E-state index contributed by atoms with van der Waals surface area (Å²) in [7, 11) is 0. The van der Waals surface area contributed by atoms with E-state index in [9.17, 15) is 32.9 Å². The van der Waals surface area contributed by atoms with E-state index in [1.165, 1.54) is 6.92 Å². The van der Waals surface area contributed by atoms with Crippen molar-refractivity contribution < 1.29 is 37.2 Å². The minimum absolute atomic E-state index is 0.0310. The summed E-state index contributed by atoms with van der Waals surface area (Å²) in [6, 6.07) is 5.35. The molecule has 0 heterocycles. The topological polar surface area (TPSA) is 108 Å². The molecule has 8 nitrogen and oxygen atoms in total. The van der Waals surface area contributed by atoms with Crippen LogP contribution in [0.3, 0.4) is 0 Å². The maximum atomic E-state index is 12.7. The molecular weight excluding hydrogens is 421 g/mol. The summed E-state index contributed by atoms with van der Waals surface area (Å²) in [5.74, 6) is -1.43. The van der Waals surface area contributed by atoms with Gasteiger partial charge in [-0.3, -0.25) is 20.2 Å². The minimum Gasteiger partial charge on any atom is -0.456 e. The van der Waals surface area contributed by atoms with Gasteiger partial charge in [0.15, 0.2) is 0 Å². The van der Waals surface area contributed by atoms with Crippen LogP contribution in [0.5, 0.6) is 11.5 Å². The van der Waals surface area contributed by atoms with Crippen molar-refractivity contribution in [1.82, 2.24) is 5.32 Å². The van der Waals surface area contributed by atoms with Gasteiger partial charge in [-0.25, -0.2) is 4.79 Å². The van der Waals surface area contributed by atoms with E-state index in [1.54, 1.807) is 0 Å². The van der Waals surface area contributed by atoms with Crippen molar-refractivity contribution in [3.05, 3.63) is 62.7 Å². The van der Waals surface area contributed by atoms with Gasteiger partial charge in [-0.2, -0.15) is 13.2 Å². The van der Waals surface area contributed by atoms with E-state index in [4.69, 9.17) is 16.3 Å². The molecule has 0 radical (unpaired) electrons. The summed E-state index contributed by atoms with van der Waals surface area (Å²) < 4.78 is 48.0. The molecule has 0 unspecified atom stereocenters. The van der Waals surface area contributed by atoms with Gasteiger partial charge in [0.2, 0.25) is 0 Å². The average molecular weight is 433 g/mol. The van der Waals surface area contributed by atoms with Gasteiger partial charge in [0.1, 0.15) is 17.1 Å². The van der Waals surface area contributed by atoms with Gasteiger partial charge in [-0.1, -0.05) is 11.6 Å². The van der Waals surface area contributed by atoms with Crippen LogP contribution < -0.4 is 10.1 Å². The van der Waals surface area contributed by atoms with E-state index in [0.29, 0.717) is 6.07 Å². The predicted molar refractivity (Wildman–Crippen MR) is 94.1 cm³/mol. The minimum atomic E-state index is -4.60. The maximum Gasteiger partial charge on any atom is 0.416 e. The van der Waals surface area contributed by atoms with Gasteiger partial charge < -0.3 is 9.47 Å². The molecule has 2 aromatic carbocycles. The summed E-state index contributed by atoms with van der Waals surface area (Å²) in [6.07, 6.45) is -5.71. The zero-order valence-electron chi connectivity index (χ0n) is 14.6. The molecule has 0 fully saturated rings. The molecule has 0 saturated heterocycles. The second-order valence-electron chi connectivity index (χ2n) is 5.36. The SMILES string of the molecule is CCOC(=O)NC(=O)c1cc(Oc2ccc(C(F)(F)F)cc2Cl)ccc1[N+](=O)[O-].